The molecule has 1 aliphatic heterocycles. The van der Waals surface area contributed by atoms with Crippen molar-refractivity contribution >= 4 is 12.4 Å². The van der Waals surface area contributed by atoms with Gasteiger partial charge in [-0.25, -0.2) is 4.98 Å². The number of rotatable bonds is 4. The molecule has 0 fully saturated rings. The third kappa shape index (κ3) is 3.06. The molecule has 1 aromatic rings. The molecule has 84 valence electrons. The predicted octanol–water partition coefficient (Wildman–Crippen LogP) is 1.13. The zero-order valence-corrected chi connectivity index (χ0v) is 9.47. The summed E-state index contributed by atoms with van der Waals surface area (Å²) >= 11 is 0. The first-order valence-electron chi connectivity index (χ1n) is 4.70. The summed E-state index contributed by atoms with van der Waals surface area (Å²) in [4.78, 5) is 4.20. The molecular weight excluding hydrogens is 216 g/mol. The fourth-order valence-corrected chi connectivity index (χ4v) is 1.47. The van der Waals surface area contributed by atoms with Crippen LogP contribution in [0.4, 0.5) is 0 Å². The fraction of sp³-hybridized carbons (Fsp3) is 0.500. The van der Waals surface area contributed by atoms with Crippen molar-refractivity contribution in [1.29, 1.82) is 0 Å². The number of ether oxygens (including phenoxy) is 2. The van der Waals surface area contributed by atoms with Crippen molar-refractivity contribution in [2.45, 2.75) is 13.1 Å². The van der Waals surface area contributed by atoms with E-state index < -0.39 is 0 Å². The molecule has 0 unspecified atom stereocenters. The van der Waals surface area contributed by atoms with Gasteiger partial charge in [0.25, 0.3) is 0 Å². The van der Waals surface area contributed by atoms with E-state index in [0.29, 0.717) is 19.1 Å². The molecule has 2 rings (SSSR count). The highest BCUT2D eigenvalue weighted by Gasteiger charge is 2.11. The summed E-state index contributed by atoms with van der Waals surface area (Å²) in [6.45, 7) is 2.98. The highest BCUT2D eigenvalue weighted by molar-refractivity contribution is 5.85. The Morgan fingerprint density at radius 2 is 2.13 bits per heavy atom. The van der Waals surface area contributed by atoms with Crippen LogP contribution in [0, 0.1) is 0 Å². The number of nitrogens with one attached hydrogen (secondary N) is 1. The predicted molar refractivity (Wildman–Crippen MR) is 59.4 cm³/mol. The van der Waals surface area contributed by atoms with Crippen molar-refractivity contribution in [3.8, 4) is 5.88 Å². The Kier molecular flexibility index (Phi) is 4.81. The van der Waals surface area contributed by atoms with E-state index in [2.05, 4.69) is 10.3 Å². The van der Waals surface area contributed by atoms with Crippen LogP contribution in [0.2, 0.25) is 0 Å². The SMILES string of the molecule is COCCOc1cc2c(cn1)CNC2.Cl. The molecule has 0 saturated carbocycles. The third-order valence-electron chi connectivity index (χ3n) is 2.23. The van der Waals surface area contributed by atoms with Gasteiger partial charge in [-0.2, -0.15) is 0 Å². The lowest BCUT2D eigenvalue weighted by molar-refractivity contribution is 0.143. The standard InChI is InChI=1S/C10H14N2O2.ClH/c1-13-2-3-14-10-4-8-5-11-6-9(8)7-12-10;/h4,7,11H,2-3,5-6H2,1H3;1H. The summed E-state index contributed by atoms with van der Waals surface area (Å²) in [5, 5.41) is 3.26. The average molecular weight is 231 g/mol. The maximum atomic E-state index is 5.41. The normalized spacial score (nSPS) is 13.1. The zero-order valence-electron chi connectivity index (χ0n) is 8.66. The van der Waals surface area contributed by atoms with Gasteiger partial charge in [0.1, 0.15) is 6.61 Å². The zero-order chi connectivity index (χ0) is 9.80. The molecule has 4 nitrogen and oxygen atoms in total. The van der Waals surface area contributed by atoms with Gasteiger partial charge in [0.05, 0.1) is 6.61 Å². The van der Waals surface area contributed by atoms with Crippen molar-refractivity contribution < 1.29 is 9.47 Å². The number of fused-ring (bicyclic) bond motifs is 1. The lowest BCUT2D eigenvalue weighted by Crippen LogP contribution is -2.05. The van der Waals surface area contributed by atoms with Crippen LogP contribution in [0.1, 0.15) is 11.1 Å². The molecule has 0 bridgehead atoms. The summed E-state index contributed by atoms with van der Waals surface area (Å²) in [6, 6.07) is 1.99. The Bertz CT molecular complexity index is 320. The van der Waals surface area contributed by atoms with Crippen LogP contribution >= 0.6 is 12.4 Å². The van der Waals surface area contributed by atoms with E-state index in [4.69, 9.17) is 9.47 Å². The minimum atomic E-state index is 0. The van der Waals surface area contributed by atoms with Crippen LogP contribution in [-0.2, 0) is 17.8 Å². The Hall–Kier alpha value is -0.840. The molecule has 2 heterocycles. The molecule has 5 heteroatoms. The lowest BCUT2D eigenvalue weighted by Gasteiger charge is -2.05. The van der Waals surface area contributed by atoms with Crippen LogP contribution < -0.4 is 10.1 Å². The number of hydrogen-bond donors (Lipinski definition) is 1. The summed E-state index contributed by atoms with van der Waals surface area (Å²) < 4.78 is 10.3. The molecule has 0 aliphatic carbocycles. The van der Waals surface area contributed by atoms with Gasteiger partial charge in [-0.15, -0.1) is 12.4 Å². The molecule has 0 radical (unpaired) electrons. The highest BCUT2D eigenvalue weighted by atomic mass is 35.5. The number of aromatic nitrogens is 1. The molecule has 15 heavy (non-hydrogen) atoms. The van der Waals surface area contributed by atoms with Gasteiger partial charge >= 0.3 is 0 Å². The number of methoxy groups -OCH3 is 1. The number of hydrogen-bond acceptors (Lipinski definition) is 4. The van der Waals surface area contributed by atoms with Gasteiger partial charge in [-0.3, -0.25) is 0 Å². The van der Waals surface area contributed by atoms with E-state index in [1.54, 1.807) is 7.11 Å². The van der Waals surface area contributed by atoms with Gasteiger partial charge in [-0.05, 0) is 11.1 Å². The fourth-order valence-electron chi connectivity index (χ4n) is 1.47. The Morgan fingerprint density at radius 1 is 1.33 bits per heavy atom. The Labute approximate surface area is 95.4 Å². The lowest BCUT2D eigenvalue weighted by atomic mass is 10.2. The number of halogens is 1. The molecule has 0 saturated heterocycles. The van der Waals surface area contributed by atoms with Gasteiger partial charge in [0.2, 0.25) is 5.88 Å². The van der Waals surface area contributed by atoms with Crippen LogP contribution in [0.3, 0.4) is 0 Å². The Balaban J connectivity index is 0.00000112. The van der Waals surface area contributed by atoms with Crippen LogP contribution in [0.25, 0.3) is 0 Å². The van der Waals surface area contributed by atoms with Crippen LogP contribution in [0.15, 0.2) is 12.3 Å². The minimum absolute atomic E-state index is 0. The number of pyridine rings is 1. The molecular formula is C10H15ClN2O2. The first-order chi connectivity index (χ1) is 6.90. The average Bonchev–Trinajstić information content (AvgIpc) is 2.65. The van der Waals surface area contributed by atoms with E-state index in [0.717, 1.165) is 13.1 Å². The second-order valence-electron chi connectivity index (χ2n) is 3.24. The second-order valence-corrected chi connectivity index (χ2v) is 3.24. The van der Waals surface area contributed by atoms with Crippen molar-refractivity contribution in [1.82, 2.24) is 10.3 Å². The van der Waals surface area contributed by atoms with Gasteiger partial charge in [0.15, 0.2) is 0 Å². The quantitative estimate of drug-likeness (QED) is 0.788. The number of nitrogens with zero attached hydrogens (tertiary/aromatic N) is 1. The van der Waals surface area contributed by atoms with Crippen LogP contribution in [-0.4, -0.2) is 25.3 Å². The Morgan fingerprint density at radius 3 is 2.93 bits per heavy atom. The summed E-state index contributed by atoms with van der Waals surface area (Å²) in [5.41, 5.74) is 2.55. The highest BCUT2D eigenvalue weighted by Crippen LogP contribution is 2.18. The molecule has 1 aliphatic rings. The van der Waals surface area contributed by atoms with Gasteiger partial charge in [0, 0.05) is 32.5 Å². The van der Waals surface area contributed by atoms with Crippen molar-refractivity contribution in [2.24, 2.45) is 0 Å². The molecule has 1 N–H and O–H groups in total. The van der Waals surface area contributed by atoms with Crippen molar-refractivity contribution in [3.05, 3.63) is 23.4 Å². The summed E-state index contributed by atoms with van der Waals surface area (Å²) in [5.74, 6) is 0.685. The smallest absolute Gasteiger partial charge is 0.213 e. The maximum absolute atomic E-state index is 5.41. The van der Waals surface area contributed by atoms with E-state index in [1.807, 2.05) is 12.3 Å². The molecule has 1 aromatic heterocycles. The molecule has 0 spiro atoms. The van der Waals surface area contributed by atoms with E-state index in [9.17, 15) is 0 Å². The third-order valence-corrected chi connectivity index (χ3v) is 2.23. The second kappa shape index (κ2) is 5.90. The van der Waals surface area contributed by atoms with Crippen molar-refractivity contribution in [3.63, 3.8) is 0 Å². The topological polar surface area (TPSA) is 43.4 Å². The first-order valence-corrected chi connectivity index (χ1v) is 4.70. The van der Waals surface area contributed by atoms with Gasteiger partial charge in [-0.1, -0.05) is 0 Å². The van der Waals surface area contributed by atoms with Crippen LogP contribution in [0.5, 0.6) is 5.88 Å². The van der Waals surface area contributed by atoms with E-state index in [-0.39, 0.29) is 12.4 Å². The summed E-state index contributed by atoms with van der Waals surface area (Å²) in [6.07, 6.45) is 1.87. The minimum Gasteiger partial charge on any atom is -0.475 e. The first kappa shape index (κ1) is 12.2. The molecule has 0 aromatic carbocycles. The van der Waals surface area contributed by atoms with E-state index >= 15 is 0 Å². The largest absolute Gasteiger partial charge is 0.475 e. The summed E-state index contributed by atoms with van der Waals surface area (Å²) in [7, 11) is 1.66. The molecule has 0 amide bonds. The monoisotopic (exact) mass is 230 g/mol. The molecule has 0 atom stereocenters. The van der Waals surface area contributed by atoms with Gasteiger partial charge < -0.3 is 14.8 Å². The van der Waals surface area contributed by atoms with E-state index in [1.165, 1.54) is 11.1 Å². The van der Waals surface area contributed by atoms with Crippen molar-refractivity contribution in [2.75, 3.05) is 20.3 Å². The maximum Gasteiger partial charge on any atom is 0.213 e.